The molecule has 0 fully saturated rings. The number of hydrogen-bond donors (Lipinski definition) is 2. The minimum absolute atomic E-state index is 0.0806. The van der Waals surface area contributed by atoms with E-state index in [-0.39, 0.29) is 4.90 Å². The van der Waals surface area contributed by atoms with Crippen LogP contribution in [0, 0.1) is 0 Å². The standard InChI is InChI=1S/C17H18N2O5S/c1-12(19-25(22,23)15-6-4-3-5-7-15)16(20)18-14-10-8-13(9-11-14)17(21)24-2/h3-12,19H,1-2H3,(H,18,20)/t12-/m1/s1. The average Bonchev–Trinajstić information content (AvgIpc) is 2.62. The van der Waals surface area contributed by atoms with E-state index in [0.717, 1.165) is 0 Å². The second-order valence-electron chi connectivity index (χ2n) is 5.21. The molecule has 7 nitrogen and oxygen atoms in total. The summed E-state index contributed by atoms with van der Waals surface area (Å²) < 4.78 is 31.3. The Kier molecular flexibility index (Phi) is 5.89. The van der Waals surface area contributed by atoms with E-state index < -0.39 is 27.9 Å². The van der Waals surface area contributed by atoms with Gasteiger partial charge in [-0.15, -0.1) is 0 Å². The molecule has 0 bridgehead atoms. The minimum atomic E-state index is -3.79. The zero-order valence-electron chi connectivity index (χ0n) is 13.7. The Bertz CT molecular complexity index is 848. The Morgan fingerprint density at radius 1 is 1.00 bits per heavy atom. The zero-order chi connectivity index (χ0) is 18.4. The SMILES string of the molecule is COC(=O)c1ccc(NC(=O)[C@@H](C)NS(=O)(=O)c2ccccc2)cc1. The molecular weight excluding hydrogens is 344 g/mol. The monoisotopic (exact) mass is 362 g/mol. The van der Waals surface area contributed by atoms with Crippen LogP contribution in [0.2, 0.25) is 0 Å². The smallest absolute Gasteiger partial charge is 0.337 e. The lowest BCUT2D eigenvalue weighted by Gasteiger charge is -2.14. The Morgan fingerprint density at radius 2 is 1.60 bits per heavy atom. The van der Waals surface area contributed by atoms with Crippen molar-refractivity contribution < 1.29 is 22.7 Å². The van der Waals surface area contributed by atoms with Crippen LogP contribution in [0.1, 0.15) is 17.3 Å². The number of carbonyl (C=O) groups is 2. The van der Waals surface area contributed by atoms with Gasteiger partial charge < -0.3 is 10.1 Å². The van der Waals surface area contributed by atoms with Crippen LogP contribution in [0.3, 0.4) is 0 Å². The number of esters is 1. The predicted octanol–water partition coefficient (Wildman–Crippen LogP) is 1.78. The Morgan fingerprint density at radius 3 is 2.16 bits per heavy atom. The summed E-state index contributed by atoms with van der Waals surface area (Å²) in [6.45, 7) is 1.44. The largest absolute Gasteiger partial charge is 0.465 e. The van der Waals surface area contributed by atoms with Crippen molar-refractivity contribution in [1.82, 2.24) is 4.72 Å². The van der Waals surface area contributed by atoms with Crippen LogP contribution >= 0.6 is 0 Å². The fourth-order valence-electron chi connectivity index (χ4n) is 2.01. The predicted molar refractivity (Wildman–Crippen MR) is 92.6 cm³/mol. The number of carbonyl (C=O) groups excluding carboxylic acids is 2. The lowest BCUT2D eigenvalue weighted by molar-refractivity contribution is -0.117. The maximum Gasteiger partial charge on any atom is 0.337 e. The second-order valence-corrected chi connectivity index (χ2v) is 6.93. The molecule has 0 saturated carbocycles. The minimum Gasteiger partial charge on any atom is -0.465 e. The summed E-state index contributed by atoms with van der Waals surface area (Å²) in [5, 5.41) is 2.58. The lowest BCUT2D eigenvalue weighted by Crippen LogP contribution is -2.41. The average molecular weight is 362 g/mol. The molecule has 0 radical (unpaired) electrons. The third kappa shape index (κ3) is 4.88. The number of rotatable bonds is 6. The molecule has 0 unspecified atom stereocenters. The van der Waals surface area contributed by atoms with Gasteiger partial charge in [0.05, 0.1) is 23.6 Å². The van der Waals surface area contributed by atoms with Crippen LogP contribution in [0.4, 0.5) is 5.69 Å². The number of sulfonamides is 1. The van der Waals surface area contributed by atoms with E-state index >= 15 is 0 Å². The summed E-state index contributed by atoms with van der Waals surface area (Å²) in [5.41, 5.74) is 0.779. The van der Waals surface area contributed by atoms with Crippen molar-refractivity contribution in [2.75, 3.05) is 12.4 Å². The van der Waals surface area contributed by atoms with Crippen molar-refractivity contribution >= 4 is 27.6 Å². The highest BCUT2D eigenvalue weighted by molar-refractivity contribution is 7.89. The third-order valence-electron chi connectivity index (χ3n) is 3.35. The van der Waals surface area contributed by atoms with Crippen molar-refractivity contribution in [3.05, 3.63) is 60.2 Å². The molecule has 2 rings (SSSR count). The molecule has 2 aromatic rings. The fourth-order valence-corrected chi connectivity index (χ4v) is 3.24. The molecule has 2 N–H and O–H groups in total. The van der Waals surface area contributed by atoms with Gasteiger partial charge in [-0.2, -0.15) is 4.72 Å². The van der Waals surface area contributed by atoms with Crippen LogP contribution < -0.4 is 10.0 Å². The fraction of sp³-hybridized carbons (Fsp3) is 0.176. The molecule has 0 spiro atoms. The topological polar surface area (TPSA) is 102 Å². The summed E-state index contributed by atoms with van der Waals surface area (Å²) in [4.78, 5) is 23.6. The van der Waals surface area contributed by atoms with Gasteiger partial charge in [0.1, 0.15) is 0 Å². The van der Waals surface area contributed by atoms with Gasteiger partial charge in [0.25, 0.3) is 0 Å². The van der Waals surface area contributed by atoms with E-state index in [4.69, 9.17) is 0 Å². The number of nitrogens with one attached hydrogen (secondary N) is 2. The van der Waals surface area contributed by atoms with Crippen LogP contribution in [-0.2, 0) is 19.6 Å². The third-order valence-corrected chi connectivity index (χ3v) is 4.91. The summed E-state index contributed by atoms with van der Waals surface area (Å²) in [6.07, 6.45) is 0. The first kappa shape index (κ1) is 18.6. The molecule has 1 amide bonds. The first-order chi connectivity index (χ1) is 11.8. The molecule has 0 saturated heterocycles. The molecule has 1 atom stereocenters. The molecular formula is C17H18N2O5S. The van der Waals surface area contributed by atoms with Crippen LogP contribution in [-0.4, -0.2) is 33.4 Å². The van der Waals surface area contributed by atoms with Gasteiger partial charge in [-0.3, -0.25) is 4.79 Å². The quantitative estimate of drug-likeness (QED) is 0.763. The molecule has 0 aliphatic rings. The van der Waals surface area contributed by atoms with Gasteiger partial charge >= 0.3 is 5.97 Å². The van der Waals surface area contributed by atoms with Crippen molar-refractivity contribution in [1.29, 1.82) is 0 Å². The van der Waals surface area contributed by atoms with Crippen molar-refractivity contribution in [2.45, 2.75) is 17.9 Å². The molecule has 0 aliphatic heterocycles. The second kappa shape index (κ2) is 7.91. The van der Waals surface area contributed by atoms with Gasteiger partial charge in [0.15, 0.2) is 0 Å². The molecule has 8 heteroatoms. The number of hydrogen-bond acceptors (Lipinski definition) is 5. The van der Waals surface area contributed by atoms with Gasteiger partial charge in [0.2, 0.25) is 15.9 Å². The highest BCUT2D eigenvalue weighted by Gasteiger charge is 2.21. The van der Waals surface area contributed by atoms with Gasteiger partial charge in [-0.1, -0.05) is 18.2 Å². The Labute approximate surface area is 146 Å². The van der Waals surface area contributed by atoms with Crippen LogP contribution in [0.5, 0.6) is 0 Å². The maximum absolute atomic E-state index is 12.2. The normalized spacial score (nSPS) is 12.2. The van der Waals surface area contributed by atoms with E-state index in [1.54, 1.807) is 18.2 Å². The molecule has 25 heavy (non-hydrogen) atoms. The Balaban J connectivity index is 2.02. The van der Waals surface area contributed by atoms with Crippen molar-refractivity contribution in [2.24, 2.45) is 0 Å². The highest BCUT2D eigenvalue weighted by atomic mass is 32.2. The van der Waals surface area contributed by atoms with Crippen LogP contribution in [0.25, 0.3) is 0 Å². The maximum atomic E-state index is 12.2. The molecule has 0 heterocycles. The summed E-state index contributed by atoms with van der Waals surface area (Å²) >= 11 is 0. The number of ether oxygens (including phenoxy) is 1. The molecule has 0 aromatic heterocycles. The summed E-state index contributed by atoms with van der Waals surface area (Å²) in [5.74, 6) is -1.01. The van der Waals surface area contributed by atoms with E-state index in [9.17, 15) is 18.0 Å². The lowest BCUT2D eigenvalue weighted by atomic mass is 10.2. The van der Waals surface area contributed by atoms with Gasteiger partial charge in [-0.25, -0.2) is 13.2 Å². The van der Waals surface area contributed by atoms with Crippen molar-refractivity contribution in [3.8, 4) is 0 Å². The molecule has 2 aromatic carbocycles. The first-order valence-electron chi connectivity index (χ1n) is 7.40. The van der Waals surface area contributed by atoms with E-state index in [1.165, 1.54) is 50.4 Å². The van der Waals surface area contributed by atoms with E-state index in [1.807, 2.05) is 0 Å². The van der Waals surface area contributed by atoms with Crippen molar-refractivity contribution in [3.63, 3.8) is 0 Å². The number of methoxy groups -OCH3 is 1. The molecule has 132 valence electrons. The van der Waals surface area contributed by atoms with Crippen LogP contribution in [0.15, 0.2) is 59.5 Å². The first-order valence-corrected chi connectivity index (χ1v) is 8.88. The van der Waals surface area contributed by atoms with E-state index in [2.05, 4.69) is 14.8 Å². The van der Waals surface area contributed by atoms with Gasteiger partial charge in [0, 0.05) is 5.69 Å². The zero-order valence-corrected chi connectivity index (χ0v) is 14.5. The molecule has 0 aliphatic carbocycles. The Hall–Kier alpha value is -2.71. The number of benzene rings is 2. The van der Waals surface area contributed by atoms with Gasteiger partial charge in [-0.05, 0) is 43.3 Å². The summed E-state index contributed by atoms with van der Waals surface area (Å²) in [7, 11) is -2.51. The highest BCUT2D eigenvalue weighted by Crippen LogP contribution is 2.12. The number of amides is 1. The number of anilines is 1. The summed E-state index contributed by atoms with van der Waals surface area (Å²) in [6, 6.07) is 12.9. The van der Waals surface area contributed by atoms with E-state index in [0.29, 0.717) is 11.3 Å².